The molecular formula is C16H13ClFNO3. The maximum Gasteiger partial charge on any atom is 0.326 e. The van der Waals surface area contributed by atoms with Gasteiger partial charge in [0.1, 0.15) is 11.9 Å². The summed E-state index contributed by atoms with van der Waals surface area (Å²) in [5, 5.41) is 11.5. The van der Waals surface area contributed by atoms with Gasteiger partial charge in [-0.15, -0.1) is 0 Å². The lowest BCUT2D eigenvalue weighted by Gasteiger charge is -2.15. The first-order valence-corrected chi connectivity index (χ1v) is 6.88. The van der Waals surface area contributed by atoms with Gasteiger partial charge in [0.15, 0.2) is 0 Å². The van der Waals surface area contributed by atoms with Gasteiger partial charge in [-0.2, -0.15) is 0 Å². The molecule has 1 atom stereocenters. The molecule has 0 radical (unpaired) electrons. The summed E-state index contributed by atoms with van der Waals surface area (Å²) >= 11 is 5.80. The van der Waals surface area contributed by atoms with Gasteiger partial charge < -0.3 is 10.4 Å². The summed E-state index contributed by atoms with van der Waals surface area (Å²) in [7, 11) is 0. The van der Waals surface area contributed by atoms with Gasteiger partial charge in [0.25, 0.3) is 5.91 Å². The fourth-order valence-corrected chi connectivity index (χ4v) is 2.24. The van der Waals surface area contributed by atoms with Crippen LogP contribution in [0.1, 0.15) is 15.9 Å². The predicted molar refractivity (Wildman–Crippen MR) is 80.4 cm³/mol. The first-order valence-electron chi connectivity index (χ1n) is 6.50. The Morgan fingerprint density at radius 3 is 2.41 bits per heavy atom. The third-order valence-corrected chi connectivity index (χ3v) is 3.39. The van der Waals surface area contributed by atoms with E-state index >= 15 is 0 Å². The van der Waals surface area contributed by atoms with Crippen LogP contribution >= 0.6 is 11.6 Å². The molecular weight excluding hydrogens is 309 g/mol. The zero-order valence-electron chi connectivity index (χ0n) is 11.4. The lowest BCUT2D eigenvalue weighted by Crippen LogP contribution is -2.42. The molecule has 1 unspecified atom stereocenters. The second-order valence-electron chi connectivity index (χ2n) is 4.65. The topological polar surface area (TPSA) is 66.4 Å². The minimum atomic E-state index is -1.20. The molecule has 0 spiro atoms. The van der Waals surface area contributed by atoms with E-state index in [0.29, 0.717) is 0 Å². The van der Waals surface area contributed by atoms with Crippen molar-refractivity contribution in [3.05, 3.63) is 70.5 Å². The Morgan fingerprint density at radius 2 is 1.82 bits per heavy atom. The molecule has 0 aromatic heterocycles. The summed E-state index contributed by atoms with van der Waals surface area (Å²) in [5.74, 6) is -2.86. The van der Waals surface area contributed by atoms with Crippen LogP contribution in [-0.2, 0) is 11.2 Å². The molecule has 0 aliphatic rings. The van der Waals surface area contributed by atoms with Gasteiger partial charge in [0, 0.05) is 6.42 Å². The highest BCUT2D eigenvalue weighted by molar-refractivity contribution is 6.33. The van der Waals surface area contributed by atoms with Crippen molar-refractivity contribution in [2.45, 2.75) is 12.5 Å². The Labute approximate surface area is 131 Å². The minimum absolute atomic E-state index is 0.0682. The highest BCUT2D eigenvalue weighted by Gasteiger charge is 2.24. The molecule has 0 saturated heterocycles. The molecule has 2 rings (SSSR count). The zero-order valence-corrected chi connectivity index (χ0v) is 12.2. The maximum absolute atomic E-state index is 13.7. The number of rotatable bonds is 5. The molecule has 4 nitrogen and oxygen atoms in total. The smallest absolute Gasteiger partial charge is 0.326 e. The van der Waals surface area contributed by atoms with E-state index in [1.807, 2.05) is 0 Å². The van der Waals surface area contributed by atoms with E-state index < -0.39 is 23.7 Å². The Hall–Kier alpha value is -2.40. The number of amides is 1. The van der Waals surface area contributed by atoms with Crippen molar-refractivity contribution in [2.24, 2.45) is 0 Å². The number of carbonyl (C=O) groups is 2. The van der Waals surface area contributed by atoms with Crippen molar-refractivity contribution in [3.8, 4) is 0 Å². The van der Waals surface area contributed by atoms with Crippen LogP contribution in [0.3, 0.4) is 0 Å². The fourth-order valence-electron chi connectivity index (χ4n) is 2.00. The van der Waals surface area contributed by atoms with Crippen molar-refractivity contribution < 1.29 is 19.1 Å². The van der Waals surface area contributed by atoms with E-state index in [-0.39, 0.29) is 17.0 Å². The third kappa shape index (κ3) is 3.83. The Balaban J connectivity index is 2.18. The second-order valence-corrected chi connectivity index (χ2v) is 5.06. The van der Waals surface area contributed by atoms with Crippen LogP contribution in [0, 0.1) is 5.82 Å². The lowest BCUT2D eigenvalue weighted by atomic mass is 10.1. The Kier molecular flexibility index (Phi) is 5.12. The van der Waals surface area contributed by atoms with Gasteiger partial charge in [0.2, 0.25) is 0 Å². The van der Waals surface area contributed by atoms with Gasteiger partial charge in [-0.1, -0.05) is 48.0 Å². The average Bonchev–Trinajstić information content (AvgIpc) is 2.47. The number of hydrogen-bond acceptors (Lipinski definition) is 2. The minimum Gasteiger partial charge on any atom is -0.480 e. The number of nitrogens with one attached hydrogen (secondary N) is 1. The van der Waals surface area contributed by atoms with Crippen LogP contribution in [0.2, 0.25) is 5.02 Å². The molecule has 0 bridgehead atoms. The van der Waals surface area contributed by atoms with Crippen molar-refractivity contribution in [1.82, 2.24) is 5.32 Å². The molecule has 114 valence electrons. The first kappa shape index (κ1) is 16.0. The molecule has 0 saturated carbocycles. The van der Waals surface area contributed by atoms with E-state index in [0.717, 1.165) is 11.6 Å². The summed E-state index contributed by atoms with van der Waals surface area (Å²) in [4.78, 5) is 23.4. The van der Waals surface area contributed by atoms with Crippen LogP contribution in [0.5, 0.6) is 0 Å². The molecule has 2 aromatic rings. The van der Waals surface area contributed by atoms with Gasteiger partial charge in [-0.05, 0) is 17.7 Å². The molecule has 2 N–H and O–H groups in total. The monoisotopic (exact) mass is 321 g/mol. The zero-order chi connectivity index (χ0) is 16.1. The van der Waals surface area contributed by atoms with E-state index in [4.69, 9.17) is 11.6 Å². The quantitative estimate of drug-likeness (QED) is 0.890. The molecule has 0 aliphatic carbocycles. The molecule has 22 heavy (non-hydrogen) atoms. The number of benzene rings is 2. The summed E-state index contributed by atoms with van der Waals surface area (Å²) in [6, 6.07) is 11.5. The van der Waals surface area contributed by atoms with Crippen LogP contribution in [0.4, 0.5) is 4.39 Å². The molecule has 0 fully saturated rings. The van der Waals surface area contributed by atoms with Crippen molar-refractivity contribution in [1.29, 1.82) is 0 Å². The molecule has 0 heterocycles. The second kappa shape index (κ2) is 7.04. The van der Waals surface area contributed by atoms with E-state index in [1.165, 1.54) is 12.1 Å². The van der Waals surface area contributed by atoms with Crippen molar-refractivity contribution in [2.75, 3.05) is 0 Å². The van der Waals surface area contributed by atoms with Crippen molar-refractivity contribution in [3.63, 3.8) is 0 Å². The maximum atomic E-state index is 13.7. The molecule has 1 amide bonds. The van der Waals surface area contributed by atoms with Gasteiger partial charge in [-0.3, -0.25) is 4.79 Å². The number of carbonyl (C=O) groups excluding carboxylic acids is 1. The van der Waals surface area contributed by atoms with Crippen LogP contribution in [0.25, 0.3) is 0 Å². The van der Waals surface area contributed by atoms with Crippen molar-refractivity contribution >= 4 is 23.5 Å². The summed E-state index contributed by atoms with van der Waals surface area (Å²) in [5.41, 5.74) is 0.387. The molecule has 6 heteroatoms. The normalized spacial score (nSPS) is 11.7. The first-order chi connectivity index (χ1) is 10.5. The van der Waals surface area contributed by atoms with Crippen LogP contribution in [-0.4, -0.2) is 23.0 Å². The standard InChI is InChI=1S/C16H13ClFNO3/c17-11-7-4-8-12(18)14(11)15(20)19-13(16(21)22)9-10-5-2-1-3-6-10/h1-8,13H,9H2,(H,19,20)(H,21,22). The number of hydrogen-bond donors (Lipinski definition) is 2. The fraction of sp³-hybridized carbons (Fsp3) is 0.125. The highest BCUT2D eigenvalue weighted by atomic mass is 35.5. The number of carboxylic acid groups (broad SMARTS) is 1. The Morgan fingerprint density at radius 1 is 1.14 bits per heavy atom. The van der Waals surface area contributed by atoms with E-state index in [2.05, 4.69) is 5.32 Å². The van der Waals surface area contributed by atoms with E-state index in [9.17, 15) is 19.1 Å². The Bertz CT molecular complexity index is 671. The summed E-state index contributed by atoms with van der Waals surface area (Å²) in [6.45, 7) is 0. The highest BCUT2D eigenvalue weighted by Crippen LogP contribution is 2.19. The van der Waals surface area contributed by atoms with Gasteiger partial charge in [-0.25, -0.2) is 9.18 Å². The lowest BCUT2D eigenvalue weighted by molar-refractivity contribution is -0.139. The average molecular weight is 322 g/mol. The summed E-state index contributed by atoms with van der Waals surface area (Å²) in [6.07, 6.45) is 0.0913. The van der Waals surface area contributed by atoms with E-state index in [1.54, 1.807) is 30.3 Å². The number of aliphatic carboxylic acids is 1. The van der Waals surface area contributed by atoms with Gasteiger partial charge >= 0.3 is 5.97 Å². The number of carboxylic acids is 1. The molecule has 0 aliphatic heterocycles. The number of halogens is 2. The van der Waals surface area contributed by atoms with Crippen LogP contribution < -0.4 is 5.32 Å². The van der Waals surface area contributed by atoms with Gasteiger partial charge in [0.05, 0.1) is 10.6 Å². The largest absolute Gasteiger partial charge is 0.480 e. The molecule has 2 aromatic carbocycles. The SMILES string of the molecule is O=C(NC(Cc1ccccc1)C(=O)O)c1c(F)cccc1Cl. The van der Waals surface area contributed by atoms with Crippen LogP contribution in [0.15, 0.2) is 48.5 Å². The summed E-state index contributed by atoms with van der Waals surface area (Å²) < 4.78 is 13.7. The third-order valence-electron chi connectivity index (χ3n) is 3.08. The predicted octanol–water partition coefficient (Wildman–Crippen LogP) is 2.90.